The average molecular weight is 1040 g/mol. The summed E-state index contributed by atoms with van der Waals surface area (Å²) in [7, 11) is 0. The summed E-state index contributed by atoms with van der Waals surface area (Å²) in [4.78, 5) is 74.7. The molecule has 73 heavy (non-hydrogen) atoms. The second kappa shape index (κ2) is 25.1. The number of nitrogens with one attached hydrogen (secondary N) is 4. The van der Waals surface area contributed by atoms with E-state index in [-0.39, 0.29) is 89.0 Å². The number of β-amino-alcohol motifs (C(OH)–C–C–N with tert-alkyl or cyclic N) is 1. The fraction of sp³-hybridized carbons (Fsp3) is 0.418. The molecule has 0 aliphatic carbocycles. The highest BCUT2D eigenvalue weighted by molar-refractivity contribution is 7.13. The number of fused-ring (bicyclic) bond motifs is 1. The number of aryl methyl sites for hydroxylation is 1. The third-order valence-corrected chi connectivity index (χ3v) is 14.1. The lowest BCUT2D eigenvalue weighted by Gasteiger charge is -2.39. The SMILES string of the molecule is CC(=O)N1c2ccc(-c3ccc(C(=O)NCCOCCOCCOCC(=O)N[C@H](C(=O)N4C[C@H](O)C[C@H]4C(=O)NCc4ccc(-c5scnc5C)cc4)C(C)(C)C)cc3)cc2[C@H](Nc2ccc(Cl)cc2)C[C@@H]1C. The predicted octanol–water partition coefficient (Wildman–Crippen LogP) is 7.33. The first-order valence-corrected chi connectivity index (χ1v) is 25.8. The Balaban J connectivity index is 0.779. The zero-order valence-corrected chi connectivity index (χ0v) is 43.8. The number of hydrogen-bond acceptors (Lipinski definition) is 12. The van der Waals surface area contributed by atoms with Crippen LogP contribution in [-0.2, 0) is 39.9 Å². The number of rotatable bonds is 21. The van der Waals surface area contributed by atoms with Crippen LogP contribution in [0, 0.1) is 12.3 Å². The van der Waals surface area contributed by atoms with Crippen LogP contribution in [0.4, 0.5) is 11.4 Å². The zero-order valence-electron chi connectivity index (χ0n) is 42.2. The topological polar surface area (TPSA) is 201 Å². The third-order valence-electron chi connectivity index (χ3n) is 12.9. The van der Waals surface area contributed by atoms with Gasteiger partial charge in [0.2, 0.25) is 23.6 Å². The molecule has 0 unspecified atom stereocenters. The van der Waals surface area contributed by atoms with Gasteiger partial charge in [0.15, 0.2) is 0 Å². The number of aromatic nitrogens is 1. The molecule has 0 radical (unpaired) electrons. The number of likely N-dealkylation sites (tertiary alicyclic amines) is 1. The van der Waals surface area contributed by atoms with Gasteiger partial charge in [-0.15, -0.1) is 11.3 Å². The van der Waals surface area contributed by atoms with Crippen LogP contribution in [-0.4, -0.2) is 121 Å². The van der Waals surface area contributed by atoms with Gasteiger partial charge in [0.05, 0.1) is 61.3 Å². The second-order valence-corrected chi connectivity index (χ2v) is 20.8. The summed E-state index contributed by atoms with van der Waals surface area (Å²) >= 11 is 7.70. The van der Waals surface area contributed by atoms with Gasteiger partial charge in [0.1, 0.15) is 18.7 Å². The minimum absolute atomic E-state index is 0.00621. The first-order valence-electron chi connectivity index (χ1n) is 24.6. The van der Waals surface area contributed by atoms with E-state index in [4.69, 9.17) is 25.8 Å². The Hall–Kier alpha value is -6.21. The molecule has 2 aliphatic heterocycles. The maximum atomic E-state index is 14.0. The molecule has 0 saturated carbocycles. The third kappa shape index (κ3) is 14.5. The van der Waals surface area contributed by atoms with Crippen LogP contribution in [0.3, 0.4) is 0 Å². The molecule has 2 aliphatic rings. The number of ether oxygens (including phenoxy) is 3. The van der Waals surface area contributed by atoms with Crippen molar-refractivity contribution in [3.63, 3.8) is 0 Å². The number of amides is 5. The smallest absolute Gasteiger partial charge is 0.251 e. The molecule has 388 valence electrons. The highest BCUT2D eigenvalue weighted by atomic mass is 35.5. The number of benzene rings is 4. The Morgan fingerprint density at radius 2 is 1.49 bits per heavy atom. The molecule has 1 saturated heterocycles. The van der Waals surface area contributed by atoms with Gasteiger partial charge in [-0.25, -0.2) is 4.98 Å². The minimum atomic E-state index is -0.984. The van der Waals surface area contributed by atoms with Crippen LogP contribution < -0.4 is 26.2 Å². The van der Waals surface area contributed by atoms with E-state index < -0.39 is 35.4 Å². The normalized spacial score (nSPS) is 17.9. The average Bonchev–Trinajstić information content (AvgIpc) is 3.99. The molecule has 0 bridgehead atoms. The van der Waals surface area contributed by atoms with E-state index >= 15 is 0 Å². The van der Waals surface area contributed by atoms with Crippen LogP contribution in [0.25, 0.3) is 21.6 Å². The summed E-state index contributed by atoms with van der Waals surface area (Å²) in [6.07, 6.45) is -0.0721. The van der Waals surface area contributed by atoms with Crippen LogP contribution in [0.15, 0.2) is 96.5 Å². The number of aliphatic hydroxyl groups excluding tert-OH is 1. The van der Waals surface area contributed by atoms with Gasteiger partial charge in [0.25, 0.3) is 5.91 Å². The van der Waals surface area contributed by atoms with Crippen molar-refractivity contribution in [3.8, 4) is 21.6 Å². The second-order valence-electron chi connectivity index (χ2n) is 19.5. The molecule has 4 aromatic carbocycles. The van der Waals surface area contributed by atoms with Crippen molar-refractivity contribution in [1.29, 1.82) is 0 Å². The molecule has 5 N–H and O–H groups in total. The predicted molar refractivity (Wildman–Crippen MR) is 283 cm³/mol. The number of nitrogens with zero attached hydrogens (tertiary/aromatic N) is 3. The van der Waals surface area contributed by atoms with Crippen molar-refractivity contribution in [2.45, 2.75) is 91.2 Å². The summed E-state index contributed by atoms with van der Waals surface area (Å²) in [6, 6.07) is 27.0. The van der Waals surface area contributed by atoms with Crippen LogP contribution >= 0.6 is 22.9 Å². The summed E-state index contributed by atoms with van der Waals surface area (Å²) in [5.74, 6) is -1.58. The van der Waals surface area contributed by atoms with E-state index in [1.54, 1.807) is 30.4 Å². The maximum absolute atomic E-state index is 14.0. The fourth-order valence-electron chi connectivity index (χ4n) is 9.15. The summed E-state index contributed by atoms with van der Waals surface area (Å²) in [5, 5.41) is 23.4. The molecule has 5 amide bonds. The first-order chi connectivity index (χ1) is 35.0. The number of thiazole rings is 1. The number of anilines is 2. The van der Waals surface area contributed by atoms with E-state index in [0.717, 1.165) is 56.2 Å². The van der Waals surface area contributed by atoms with E-state index in [1.807, 2.05) is 111 Å². The van der Waals surface area contributed by atoms with Gasteiger partial charge in [-0.2, -0.15) is 0 Å². The Morgan fingerprint density at radius 1 is 0.836 bits per heavy atom. The van der Waals surface area contributed by atoms with Crippen molar-refractivity contribution in [1.82, 2.24) is 25.8 Å². The van der Waals surface area contributed by atoms with Crippen molar-refractivity contribution < 1.29 is 43.3 Å². The fourth-order valence-corrected chi connectivity index (χ4v) is 10.1. The lowest BCUT2D eigenvalue weighted by atomic mass is 9.85. The summed E-state index contributed by atoms with van der Waals surface area (Å²) in [5.41, 5.74) is 9.21. The van der Waals surface area contributed by atoms with Crippen molar-refractivity contribution in [2.24, 2.45) is 5.41 Å². The Kier molecular flexibility index (Phi) is 18.8. The number of carbonyl (C=O) groups is 5. The zero-order chi connectivity index (χ0) is 52.2. The molecule has 18 heteroatoms. The Bertz CT molecular complexity index is 2700. The molecular weight excluding hydrogens is 970 g/mol. The number of hydrogen-bond donors (Lipinski definition) is 5. The van der Waals surface area contributed by atoms with Crippen molar-refractivity contribution in [2.75, 3.05) is 62.9 Å². The monoisotopic (exact) mass is 1040 g/mol. The number of aliphatic hydroxyl groups is 1. The molecular formula is C55H66ClN7O9S. The van der Waals surface area contributed by atoms with Crippen LogP contribution in [0.1, 0.15) is 80.7 Å². The van der Waals surface area contributed by atoms with Gasteiger partial charge in [-0.05, 0) is 102 Å². The van der Waals surface area contributed by atoms with Crippen molar-refractivity contribution in [3.05, 3.63) is 124 Å². The molecule has 1 fully saturated rings. The van der Waals surface area contributed by atoms with Crippen LogP contribution in [0.2, 0.25) is 5.02 Å². The molecule has 1 aromatic heterocycles. The summed E-state index contributed by atoms with van der Waals surface area (Å²) < 4.78 is 16.8. The van der Waals surface area contributed by atoms with E-state index in [0.29, 0.717) is 17.1 Å². The molecule has 16 nitrogen and oxygen atoms in total. The minimum Gasteiger partial charge on any atom is -0.391 e. The lowest BCUT2D eigenvalue weighted by molar-refractivity contribution is -0.144. The number of halogens is 1. The largest absolute Gasteiger partial charge is 0.391 e. The summed E-state index contributed by atoms with van der Waals surface area (Å²) in [6.45, 7) is 12.4. The first kappa shape index (κ1) is 54.6. The Labute approximate surface area is 436 Å². The van der Waals surface area contributed by atoms with Gasteiger partial charge < -0.3 is 50.4 Å². The van der Waals surface area contributed by atoms with Gasteiger partial charge >= 0.3 is 0 Å². The molecule has 5 aromatic rings. The molecule has 0 spiro atoms. The highest BCUT2D eigenvalue weighted by Crippen LogP contribution is 2.41. The highest BCUT2D eigenvalue weighted by Gasteiger charge is 2.44. The van der Waals surface area contributed by atoms with Gasteiger partial charge in [-0.3, -0.25) is 24.0 Å². The maximum Gasteiger partial charge on any atom is 0.251 e. The van der Waals surface area contributed by atoms with E-state index in [9.17, 15) is 29.1 Å². The Morgan fingerprint density at radius 3 is 2.15 bits per heavy atom. The van der Waals surface area contributed by atoms with Gasteiger partial charge in [-0.1, -0.05) is 74.8 Å². The standard InChI is InChI=1S/C55H66ClN7O9S/c1-34-27-46(60-43-18-16-42(56)17-19-43)45-28-41(15-20-47(45)63(34)36(3)64)38-11-13-40(14-12-38)52(67)57-21-22-70-23-24-71-25-26-72-32-49(66)61-51(55(4,5)6)54(69)62-31-44(65)29-48(62)53(68)58-30-37-7-9-39(10-8-37)50-35(2)59-33-73-50/h7-20,28,33-34,44,46,48,51,60,65H,21-27,29-32H2,1-6H3,(H,57,67)(H,58,68)(H,61,66)/t34-,44+,46+,48-,51+/m0/s1. The van der Waals surface area contributed by atoms with Crippen LogP contribution in [0.5, 0.6) is 0 Å². The molecule has 7 rings (SSSR count). The van der Waals surface area contributed by atoms with E-state index in [2.05, 4.69) is 39.2 Å². The lowest BCUT2D eigenvalue weighted by Crippen LogP contribution is -2.58. The molecule has 3 heterocycles. The van der Waals surface area contributed by atoms with Crippen molar-refractivity contribution >= 4 is 63.8 Å². The quantitative estimate of drug-likeness (QED) is 0.0461. The van der Waals surface area contributed by atoms with Gasteiger partial charge in [0, 0.05) is 61.0 Å². The number of carbonyl (C=O) groups excluding carboxylic acids is 5. The van der Waals surface area contributed by atoms with E-state index in [1.165, 1.54) is 4.90 Å². The molecule has 5 atom stereocenters.